The summed E-state index contributed by atoms with van der Waals surface area (Å²) in [4.78, 5) is 13.2. The molecule has 2 aliphatic heterocycles. The minimum absolute atomic E-state index is 0. The van der Waals surface area contributed by atoms with Crippen molar-refractivity contribution in [1.82, 2.24) is 9.80 Å². The first kappa shape index (κ1) is 39.6. The van der Waals surface area contributed by atoms with E-state index in [4.69, 9.17) is 14.9 Å². The van der Waals surface area contributed by atoms with Crippen LogP contribution in [0.3, 0.4) is 0 Å². The maximum atomic E-state index is 11.4. The van der Waals surface area contributed by atoms with Gasteiger partial charge in [-0.3, -0.25) is 19.8 Å². The molecule has 0 radical (unpaired) electrons. The Balaban J connectivity index is 0. The zero-order valence-corrected chi connectivity index (χ0v) is 24.4. The minimum atomic E-state index is 0. The van der Waals surface area contributed by atoms with E-state index < -0.39 is 0 Å². The third kappa shape index (κ3) is 17.2. The maximum Gasteiger partial charge on any atom is 3.00 e. The number of nitrogens with zero attached hydrogens (tertiary/aromatic N) is 5. The maximum absolute atomic E-state index is 11.4. The van der Waals surface area contributed by atoms with Crippen LogP contribution in [0.2, 0.25) is 0 Å². The van der Waals surface area contributed by atoms with E-state index in [0.717, 1.165) is 78.8 Å². The van der Waals surface area contributed by atoms with Gasteiger partial charge in [-0.15, -0.1) is 11.5 Å². The van der Waals surface area contributed by atoms with Crippen molar-refractivity contribution in [3.8, 4) is 11.5 Å². The topological polar surface area (TPSA) is 181 Å². The number of thiocarbonyl (C=S) groups is 1. The van der Waals surface area contributed by atoms with E-state index >= 15 is 0 Å². The van der Waals surface area contributed by atoms with Gasteiger partial charge in [-0.1, -0.05) is 60.7 Å². The number of para-hydroxylation sites is 2. The molecule has 40 heavy (non-hydrogen) atoms. The van der Waals surface area contributed by atoms with Crippen LogP contribution >= 0.6 is 12.2 Å². The van der Waals surface area contributed by atoms with E-state index in [-0.39, 0.29) is 39.5 Å². The molecule has 0 aromatic heterocycles. The summed E-state index contributed by atoms with van der Waals surface area (Å²) in [5.74, 6) is 0.0604. The standard InChI is InChI=1S/2C13H18N2O2.CNS.Mn.2H2O/c2*16-13-4-2-1-3-12(13)11-14-5-6-15-7-9-17-10-8-15;2-1-3;;;/h2*1-4,11,16H,5-10H2;;;2*1H2/q;;-1;+3;;/p-2. The van der Waals surface area contributed by atoms with Crippen molar-refractivity contribution in [2.45, 2.75) is 0 Å². The molecule has 2 saturated heterocycles. The number of hydrogen-bond acceptors (Lipinski definition) is 9. The Bertz CT molecular complexity index is 925. The average molecular weight is 616 g/mol. The largest absolute Gasteiger partial charge is 3.00 e. The number of aliphatic imine (C=N–C) groups is 2. The molecule has 2 fully saturated rings. The summed E-state index contributed by atoms with van der Waals surface area (Å²) < 4.78 is 10.5. The van der Waals surface area contributed by atoms with Crippen LogP contribution in [0.1, 0.15) is 11.1 Å². The molecule has 2 aromatic carbocycles. The summed E-state index contributed by atoms with van der Waals surface area (Å²) in [7, 11) is 0. The fraction of sp³-hybridized carbons (Fsp3) is 0.444. The predicted molar refractivity (Wildman–Crippen MR) is 154 cm³/mol. The Morgan fingerprint density at radius 1 is 0.750 bits per heavy atom. The van der Waals surface area contributed by atoms with E-state index in [0.29, 0.717) is 11.1 Å². The molecule has 2 aromatic rings. The second-order valence-electron chi connectivity index (χ2n) is 8.15. The third-order valence-electron chi connectivity index (χ3n) is 5.60. The molecule has 13 heteroatoms. The van der Waals surface area contributed by atoms with Crippen molar-refractivity contribution in [2.24, 2.45) is 9.98 Å². The Labute approximate surface area is 252 Å². The van der Waals surface area contributed by atoms with Crippen molar-refractivity contribution in [1.29, 1.82) is 0 Å². The van der Waals surface area contributed by atoms with Crippen LogP contribution < -0.4 is 10.2 Å². The minimum Gasteiger partial charge on any atom is -0.872 e. The van der Waals surface area contributed by atoms with E-state index in [9.17, 15) is 10.2 Å². The van der Waals surface area contributed by atoms with Crippen molar-refractivity contribution < 1.29 is 47.7 Å². The van der Waals surface area contributed by atoms with Gasteiger partial charge in [0.25, 0.3) is 0 Å². The predicted octanol–water partition coefficient (Wildman–Crippen LogP) is 0.0293. The van der Waals surface area contributed by atoms with Crippen LogP contribution in [0.25, 0.3) is 5.41 Å². The molecule has 0 atom stereocenters. The van der Waals surface area contributed by atoms with Gasteiger partial charge in [-0.2, -0.15) is 5.16 Å². The van der Waals surface area contributed by atoms with Gasteiger partial charge in [0.2, 0.25) is 0 Å². The van der Waals surface area contributed by atoms with Crippen molar-refractivity contribution in [3.05, 3.63) is 65.1 Å². The summed E-state index contributed by atoms with van der Waals surface area (Å²) in [6, 6.07) is 13.9. The average Bonchev–Trinajstić information content (AvgIpc) is 2.93. The van der Waals surface area contributed by atoms with Crippen LogP contribution in [0.15, 0.2) is 58.5 Å². The Morgan fingerprint density at radius 3 is 1.40 bits per heavy atom. The summed E-state index contributed by atoms with van der Waals surface area (Å²) in [5.41, 5.74) is 1.32. The van der Waals surface area contributed by atoms with Crippen molar-refractivity contribution in [3.63, 3.8) is 0 Å². The van der Waals surface area contributed by atoms with Gasteiger partial charge in [-0.25, -0.2) is 0 Å². The second-order valence-corrected chi connectivity index (χ2v) is 8.33. The Kier molecular flexibility index (Phi) is 25.2. The molecule has 0 spiro atoms. The van der Waals surface area contributed by atoms with Crippen LogP contribution in [-0.4, -0.2) is 117 Å². The quantitative estimate of drug-likeness (QED) is 0.228. The molecule has 11 nitrogen and oxygen atoms in total. The molecular weight excluding hydrogens is 577 g/mol. The van der Waals surface area contributed by atoms with Gasteiger partial charge < -0.3 is 36.0 Å². The first-order chi connectivity index (χ1) is 18.1. The zero-order chi connectivity index (χ0) is 26.6. The molecular formula is C27H38MnN5O6S. The van der Waals surface area contributed by atoms with E-state index in [1.54, 1.807) is 48.8 Å². The summed E-state index contributed by atoms with van der Waals surface area (Å²) in [6.07, 6.45) is 3.34. The van der Waals surface area contributed by atoms with E-state index in [2.05, 4.69) is 32.0 Å². The summed E-state index contributed by atoms with van der Waals surface area (Å²) >= 11 is 3.70. The molecule has 4 N–H and O–H groups in total. The zero-order valence-electron chi connectivity index (χ0n) is 22.4. The van der Waals surface area contributed by atoms with Crippen LogP contribution in [0.5, 0.6) is 11.5 Å². The van der Waals surface area contributed by atoms with Crippen LogP contribution in [0.4, 0.5) is 0 Å². The molecule has 220 valence electrons. The van der Waals surface area contributed by atoms with Gasteiger partial charge in [-0.05, 0) is 11.1 Å². The molecule has 0 unspecified atom stereocenters. The van der Waals surface area contributed by atoms with Gasteiger partial charge in [0.15, 0.2) is 0 Å². The van der Waals surface area contributed by atoms with Gasteiger partial charge in [0, 0.05) is 51.7 Å². The normalized spacial score (nSPS) is 15.2. The monoisotopic (exact) mass is 615 g/mol. The Morgan fingerprint density at radius 2 is 1.07 bits per heavy atom. The van der Waals surface area contributed by atoms with Crippen molar-refractivity contribution >= 4 is 29.8 Å². The molecule has 4 rings (SSSR count). The van der Waals surface area contributed by atoms with Gasteiger partial charge in [0.05, 0.1) is 39.5 Å². The number of ether oxygens (including phenoxy) is 2. The molecule has 0 amide bonds. The first-order valence-electron chi connectivity index (χ1n) is 12.3. The SMILES string of the molecule is O.O.[Mn+3].[N-]=C=S.[O-]c1ccccc1C=NCCN1CCOCC1.[O-]c1ccccc1C=NCCN1CCOCC1. The van der Waals surface area contributed by atoms with Gasteiger partial charge >= 0.3 is 17.1 Å². The molecule has 0 aliphatic carbocycles. The smallest absolute Gasteiger partial charge is 0.872 e. The Hall–Kier alpha value is -2.54. The van der Waals surface area contributed by atoms with Crippen LogP contribution in [0, 0.1) is 0 Å². The molecule has 2 aliphatic rings. The number of isothiocyanates is 1. The van der Waals surface area contributed by atoms with Gasteiger partial charge in [0.1, 0.15) is 0 Å². The van der Waals surface area contributed by atoms with E-state index in [1.165, 1.54) is 5.16 Å². The number of benzene rings is 2. The summed E-state index contributed by atoms with van der Waals surface area (Å²) in [5, 5.41) is 31.3. The van der Waals surface area contributed by atoms with Crippen molar-refractivity contribution in [2.75, 3.05) is 78.8 Å². The van der Waals surface area contributed by atoms with E-state index in [1.807, 2.05) is 12.1 Å². The molecule has 2 heterocycles. The second kappa shape index (κ2) is 25.4. The fourth-order valence-corrected chi connectivity index (χ4v) is 3.55. The number of rotatable bonds is 8. The summed E-state index contributed by atoms with van der Waals surface area (Å²) in [6.45, 7) is 10.5. The fourth-order valence-electron chi connectivity index (χ4n) is 3.55. The van der Waals surface area contributed by atoms with Crippen LogP contribution in [-0.2, 0) is 26.5 Å². The molecule has 0 saturated carbocycles. The molecule has 0 bridgehead atoms. The number of hydrogen-bond donors (Lipinski definition) is 0. The first-order valence-corrected chi connectivity index (χ1v) is 12.7. The number of morpholine rings is 2. The third-order valence-corrected chi connectivity index (χ3v) is 5.60.